The van der Waals surface area contributed by atoms with Crippen LogP contribution in [0.4, 0.5) is 14.6 Å². The Kier molecular flexibility index (Phi) is 3.78. The number of hydrogen-bond donors (Lipinski definition) is 2. The Morgan fingerprint density at radius 3 is 2.56 bits per heavy atom. The molecule has 0 aliphatic rings. The predicted molar refractivity (Wildman–Crippen MR) is 64.9 cm³/mol. The van der Waals surface area contributed by atoms with E-state index in [1.54, 1.807) is 12.1 Å². The van der Waals surface area contributed by atoms with Gasteiger partial charge in [-0.15, -0.1) is 10.2 Å². The molecule has 0 saturated carbocycles. The minimum atomic E-state index is -0.660. The van der Waals surface area contributed by atoms with Gasteiger partial charge >= 0.3 is 0 Å². The van der Waals surface area contributed by atoms with Crippen LogP contribution in [0.25, 0.3) is 11.3 Å². The van der Waals surface area contributed by atoms with E-state index in [9.17, 15) is 8.78 Å². The molecule has 0 radical (unpaired) electrons. The number of nitrogens with two attached hydrogens (primary N) is 1. The van der Waals surface area contributed by atoms with E-state index in [1.807, 2.05) is 0 Å². The van der Waals surface area contributed by atoms with Gasteiger partial charge in [-0.05, 0) is 24.3 Å². The molecule has 2 rings (SSSR count). The van der Waals surface area contributed by atoms with Crippen LogP contribution in [0.1, 0.15) is 0 Å². The quantitative estimate of drug-likeness (QED) is 0.868. The molecule has 94 valence electrons. The Balaban J connectivity index is 2.23. The van der Waals surface area contributed by atoms with Crippen LogP contribution < -0.4 is 11.1 Å². The molecule has 0 fully saturated rings. The summed E-state index contributed by atoms with van der Waals surface area (Å²) >= 11 is 0. The molecule has 2 aromatic rings. The van der Waals surface area contributed by atoms with Gasteiger partial charge in [0.15, 0.2) is 0 Å². The van der Waals surface area contributed by atoms with Crippen molar-refractivity contribution in [1.29, 1.82) is 0 Å². The molecule has 0 unspecified atom stereocenters. The highest BCUT2D eigenvalue weighted by Gasteiger charge is 2.08. The van der Waals surface area contributed by atoms with Gasteiger partial charge in [-0.2, -0.15) is 0 Å². The largest absolute Gasteiger partial charge is 0.367 e. The molecule has 18 heavy (non-hydrogen) atoms. The van der Waals surface area contributed by atoms with Crippen LogP contribution in [-0.4, -0.2) is 23.3 Å². The lowest BCUT2D eigenvalue weighted by Crippen LogP contribution is -2.14. The summed E-state index contributed by atoms with van der Waals surface area (Å²) in [7, 11) is 0. The van der Waals surface area contributed by atoms with Gasteiger partial charge in [0.25, 0.3) is 0 Å². The second-order valence-corrected chi connectivity index (χ2v) is 3.64. The van der Waals surface area contributed by atoms with Crippen molar-refractivity contribution in [3.63, 3.8) is 0 Å². The van der Waals surface area contributed by atoms with E-state index in [4.69, 9.17) is 5.73 Å². The Hall–Kier alpha value is -2.08. The van der Waals surface area contributed by atoms with Crippen LogP contribution in [0.15, 0.2) is 30.3 Å². The first-order valence-electron chi connectivity index (χ1n) is 5.44. The first-order chi connectivity index (χ1) is 8.70. The third kappa shape index (κ3) is 2.78. The lowest BCUT2D eigenvalue weighted by atomic mass is 10.1. The molecule has 0 spiro atoms. The summed E-state index contributed by atoms with van der Waals surface area (Å²) in [5, 5.41) is 10.7. The molecule has 0 aliphatic carbocycles. The van der Waals surface area contributed by atoms with Crippen molar-refractivity contribution < 1.29 is 8.78 Å². The van der Waals surface area contributed by atoms with Crippen molar-refractivity contribution in [3.8, 4) is 11.3 Å². The van der Waals surface area contributed by atoms with E-state index in [0.717, 1.165) is 6.07 Å². The van der Waals surface area contributed by atoms with E-state index in [0.29, 0.717) is 24.6 Å². The summed E-state index contributed by atoms with van der Waals surface area (Å²) in [6.07, 6.45) is 0. The number of nitrogens with zero attached hydrogens (tertiary/aromatic N) is 2. The summed E-state index contributed by atoms with van der Waals surface area (Å²) in [5.74, 6) is -0.718. The molecule has 1 aromatic heterocycles. The fourth-order valence-electron chi connectivity index (χ4n) is 1.47. The van der Waals surface area contributed by atoms with Crippen molar-refractivity contribution in [2.24, 2.45) is 5.73 Å². The molecule has 3 N–H and O–H groups in total. The minimum absolute atomic E-state index is 0.217. The fourth-order valence-corrected chi connectivity index (χ4v) is 1.47. The molecule has 0 aliphatic heterocycles. The van der Waals surface area contributed by atoms with E-state index in [-0.39, 0.29) is 5.56 Å². The van der Waals surface area contributed by atoms with Crippen molar-refractivity contribution >= 4 is 5.82 Å². The molecule has 0 amide bonds. The van der Waals surface area contributed by atoms with E-state index < -0.39 is 11.6 Å². The van der Waals surface area contributed by atoms with Gasteiger partial charge in [0.05, 0.1) is 5.69 Å². The average Bonchev–Trinajstić information content (AvgIpc) is 2.37. The van der Waals surface area contributed by atoms with E-state index >= 15 is 0 Å². The van der Waals surface area contributed by atoms with E-state index in [1.165, 1.54) is 12.1 Å². The minimum Gasteiger partial charge on any atom is -0.367 e. The van der Waals surface area contributed by atoms with Gasteiger partial charge in [-0.3, -0.25) is 0 Å². The van der Waals surface area contributed by atoms with Gasteiger partial charge in [0.1, 0.15) is 17.5 Å². The van der Waals surface area contributed by atoms with Gasteiger partial charge < -0.3 is 11.1 Å². The summed E-state index contributed by atoms with van der Waals surface area (Å²) in [4.78, 5) is 0. The molecule has 1 aromatic carbocycles. The highest BCUT2D eigenvalue weighted by atomic mass is 19.1. The Bertz CT molecular complexity index is 528. The Morgan fingerprint density at radius 1 is 1.11 bits per heavy atom. The summed E-state index contributed by atoms with van der Waals surface area (Å²) in [5.41, 5.74) is 5.91. The first kappa shape index (κ1) is 12.4. The van der Waals surface area contributed by atoms with Crippen LogP contribution in [-0.2, 0) is 0 Å². The van der Waals surface area contributed by atoms with Gasteiger partial charge in [0, 0.05) is 24.7 Å². The monoisotopic (exact) mass is 250 g/mol. The highest BCUT2D eigenvalue weighted by Crippen LogP contribution is 2.21. The normalized spacial score (nSPS) is 10.4. The Labute approximate surface area is 103 Å². The van der Waals surface area contributed by atoms with Crippen molar-refractivity contribution in [1.82, 2.24) is 10.2 Å². The molecular formula is C12H12F2N4. The van der Waals surface area contributed by atoms with Gasteiger partial charge in [-0.25, -0.2) is 8.78 Å². The molecular weight excluding hydrogens is 238 g/mol. The van der Waals surface area contributed by atoms with Crippen LogP contribution in [0, 0.1) is 11.6 Å². The number of benzene rings is 1. The third-order valence-electron chi connectivity index (χ3n) is 2.32. The zero-order valence-electron chi connectivity index (χ0n) is 9.53. The molecule has 1 heterocycles. The molecule has 0 bridgehead atoms. The lowest BCUT2D eigenvalue weighted by Gasteiger charge is -2.05. The molecule has 0 atom stereocenters. The fraction of sp³-hybridized carbons (Fsp3) is 0.167. The average molecular weight is 250 g/mol. The maximum Gasteiger partial charge on any atom is 0.148 e. The van der Waals surface area contributed by atoms with Crippen LogP contribution in [0.5, 0.6) is 0 Å². The van der Waals surface area contributed by atoms with Crippen molar-refractivity contribution in [2.45, 2.75) is 0 Å². The zero-order chi connectivity index (χ0) is 13.0. The van der Waals surface area contributed by atoms with Crippen LogP contribution in [0.2, 0.25) is 0 Å². The number of rotatable bonds is 4. The topological polar surface area (TPSA) is 63.8 Å². The number of aromatic nitrogens is 2. The van der Waals surface area contributed by atoms with Gasteiger partial charge in [-0.1, -0.05) is 0 Å². The third-order valence-corrected chi connectivity index (χ3v) is 2.32. The van der Waals surface area contributed by atoms with Crippen molar-refractivity contribution in [2.75, 3.05) is 18.4 Å². The second-order valence-electron chi connectivity index (χ2n) is 3.64. The van der Waals surface area contributed by atoms with Crippen molar-refractivity contribution in [3.05, 3.63) is 42.0 Å². The molecule has 4 nitrogen and oxygen atoms in total. The lowest BCUT2D eigenvalue weighted by molar-refractivity contribution is 0.585. The van der Waals surface area contributed by atoms with Crippen LogP contribution >= 0.6 is 0 Å². The first-order valence-corrected chi connectivity index (χ1v) is 5.44. The summed E-state index contributed by atoms with van der Waals surface area (Å²) in [6.45, 7) is 1.06. The van der Waals surface area contributed by atoms with E-state index in [2.05, 4.69) is 15.5 Å². The number of hydrogen-bond acceptors (Lipinski definition) is 4. The number of anilines is 1. The molecule has 0 saturated heterocycles. The number of nitrogens with one attached hydrogen (secondary N) is 1. The smallest absolute Gasteiger partial charge is 0.148 e. The van der Waals surface area contributed by atoms with Crippen LogP contribution in [0.3, 0.4) is 0 Å². The number of halogens is 2. The standard InChI is InChI=1S/C12H12F2N4/c13-8-1-2-9(10(14)7-8)11-3-4-12(18-17-11)16-6-5-15/h1-4,7H,5-6,15H2,(H,16,18). The SMILES string of the molecule is NCCNc1ccc(-c2ccc(F)cc2F)nn1. The second kappa shape index (κ2) is 5.50. The highest BCUT2D eigenvalue weighted by molar-refractivity contribution is 5.60. The maximum absolute atomic E-state index is 13.5. The maximum atomic E-state index is 13.5. The Morgan fingerprint density at radius 2 is 1.94 bits per heavy atom. The summed E-state index contributed by atoms with van der Waals surface area (Å²) in [6, 6.07) is 6.61. The van der Waals surface area contributed by atoms with Gasteiger partial charge in [0.2, 0.25) is 0 Å². The predicted octanol–water partition coefficient (Wildman–Crippen LogP) is 1.79. The zero-order valence-corrected chi connectivity index (χ0v) is 9.53. The molecule has 6 heteroatoms. The summed E-state index contributed by atoms with van der Waals surface area (Å²) < 4.78 is 26.3.